The lowest BCUT2D eigenvalue weighted by Gasteiger charge is -2.38. The SMILES string of the molecule is Cc1sc2c(c1C)C(c1ccc(N3CCC(C#N)(c4ccccc4)CC3)cc1)=NC([C@H](C)C(=O)O)c1nnc(C)n1-2. The molecule has 9 heteroatoms. The summed E-state index contributed by atoms with van der Waals surface area (Å²) in [6.07, 6.45) is 1.54. The van der Waals surface area contributed by atoms with Crippen molar-refractivity contribution in [1.82, 2.24) is 14.8 Å². The minimum atomic E-state index is -0.923. The number of aromatic nitrogens is 3. The van der Waals surface area contributed by atoms with Gasteiger partial charge in [-0.15, -0.1) is 21.5 Å². The molecule has 0 amide bonds. The lowest BCUT2D eigenvalue weighted by atomic mass is 9.74. The minimum Gasteiger partial charge on any atom is -0.481 e. The number of carboxylic acid groups (broad SMARTS) is 1. The third-order valence-electron chi connectivity index (χ3n) is 8.72. The summed E-state index contributed by atoms with van der Waals surface area (Å²) < 4.78 is 1.98. The standard InChI is InChI=1S/C32H32N6O2S/c1-19-21(3)41-30-26(19)28(34-27(20(2)31(39)40)29-36-35-22(4)38(29)30)23-10-12-25(13-11-23)37-16-14-32(18-33,15-17-37)24-8-6-5-7-9-24/h5-13,20,27H,14-17H2,1-4H3,(H,39,40)/t20-,27?/m0/s1. The van der Waals surface area contributed by atoms with Gasteiger partial charge >= 0.3 is 5.97 Å². The summed E-state index contributed by atoms with van der Waals surface area (Å²) in [5.41, 5.74) is 5.58. The summed E-state index contributed by atoms with van der Waals surface area (Å²) in [4.78, 5) is 20.8. The molecular weight excluding hydrogens is 532 g/mol. The lowest BCUT2D eigenvalue weighted by Crippen LogP contribution is -2.42. The van der Waals surface area contributed by atoms with E-state index in [-0.39, 0.29) is 0 Å². The van der Waals surface area contributed by atoms with Gasteiger partial charge in [-0.25, -0.2) is 0 Å². The molecule has 0 spiro atoms. The van der Waals surface area contributed by atoms with Gasteiger partial charge in [-0.3, -0.25) is 14.4 Å². The van der Waals surface area contributed by atoms with Gasteiger partial charge < -0.3 is 10.0 Å². The molecule has 0 radical (unpaired) electrons. The predicted molar refractivity (Wildman–Crippen MR) is 160 cm³/mol. The van der Waals surface area contributed by atoms with Crippen LogP contribution in [-0.2, 0) is 10.2 Å². The highest BCUT2D eigenvalue weighted by Gasteiger charge is 2.38. The number of benzene rings is 2. The molecule has 2 aliphatic rings. The molecule has 0 saturated carbocycles. The van der Waals surface area contributed by atoms with Crippen LogP contribution in [-0.4, -0.2) is 44.6 Å². The number of piperidine rings is 1. The number of aliphatic carboxylic acids is 1. The van der Waals surface area contributed by atoms with Crippen LogP contribution in [0, 0.1) is 38.0 Å². The van der Waals surface area contributed by atoms with Crippen LogP contribution in [0.15, 0.2) is 59.6 Å². The molecule has 208 valence electrons. The third kappa shape index (κ3) is 4.43. The fourth-order valence-electron chi connectivity index (χ4n) is 6.02. The highest BCUT2D eigenvalue weighted by molar-refractivity contribution is 7.15. The Balaban J connectivity index is 1.35. The second-order valence-electron chi connectivity index (χ2n) is 11.0. The van der Waals surface area contributed by atoms with Crippen LogP contribution < -0.4 is 4.90 Å². The van der Waals surface area contributed by atoms with E-state index >= 15 is 0 Å². The van der Waals surface area contributed by atoms with Crippen molar-refractivity contribution in [3.63, 3.8) is 0 Å². The molecule has 0 aliphatic carbocycles. The van der Waals surface area contributed by atoms with Crippen molar-refractivity contribution in [3.05, 3.63) is 93.4 Å². The molecule has 4 aromatic rings. The number of nitrogens with zero attached hydrogens (tertiary/aromatic N) is 6. The maximum Gasteiger partial charge on any atom is 0.308 e. The molecular formula is C32H32N6O2S. The van der Waals surface area contributed by atoms with Gasteiger partial charge in [0.15, 0.2) is 5.82 Å². The van der Waals surface area contributed by atoms with Gasteiger partial charge in [0, 0.05) is 34.8 Å². The normalized spacial score (nSPS) is 18.5. The Morgan fingerprint density at radius 1 is 1.07 bits per heavy atom. The van der Waals surface area contributed by atoms with Gasteiger partial charge in [0.05, 0.1) is 23.1 Å². The van der Waals surface area contributed by atoms with Gasteiger partial charge in [-0.05, 0) is 63.8 Å². The molecule has 2 aromatic heterocycles. The van der Waals surface area contributed by atoms with E-state index < -0.39 is 23.3 Å². The van der Waals surface area contributed by atoms with Crippen molar-refractivity contribution in [1.29, 1.82) is 5.26 Å². The van der Waals surface area contributed by atoms with Crippen LogP contribution in [0.2, 0.25) is 0 Å². The summed E-state index contributed by atoms with van der Waals surface area (Å²) >= 11 is 1.66. The molecule has 1 fully saturated rings. The maximum absolute atomic E-state index is 12.1. The fraction of sp³-hybridized carbons (Fsp3) is 0.344. The third-order valence-corrected chi connectivity index (χ3v) is 9.91. The Morgan fingerprint density at radius 3 is 2.39 bits per heavy atom. The Labute approximate surface area is 243 Å². The molecule has 2 aromatic carbocycles. The lowest BCUT2D eigenvalue weighted by molar-refractivity contribution is -0.141. The van der Waals surface area contributed by atoms with E-state index in [2.05, 4.69) is 71.4 Å². The molecule has 1 saturated heterocycles. The summed E-state index contributed by atoms with van der Waals surface area (Å²) in [5, 5.41) is 29.7. The van der Waals surface area contributed by atoms with Gasteiger partial charge in [-0.1, -0.05) is 42.5 Å². The monoisotopic (exact) mass is 564 g/mol. The Bertz CT molecular complexity index is 1690. The summed E-state index contributed by atoms with van der Waals surface area (Å²) in [6.45, 7) is 9.35. The molecule has 2 aliphatic heterocycles. The largest absolute Gasteiger partial charge is 0.481 e. The first-order valence-corrected chi connectivity index (χ1v) is 14.7. The quantitative estimate of drug-likeness (QED) is 0.322. The zero-order chi connectivity index (χ0) is 28.9. The van der Waals surface area contributed by atoms with Crippen molar-refractivity contribution < 1.29 is 9.90 Å². The van der Waals surface area contributed by atoms with Gasteiger partial charge in [0.2, 0.25) is 0 Å². The summed E-state index contributed by atoms with van der Waals surface area (Å²) in [6, 6.07) is 20.4. The van der Waals surface area contributed by atoms with Crippen LogP contribution in [0.25, 0.3) is 5.00 Å². The van der Waals surface area contributed by atoms with Crippen LogP contribution in [0.3, 0.4) is 0 Å². The number of rotatable bonds is 5. The summed E-state index contributed by atoms with van der Waals surface area (Å²) in [7, 11) is 0. The van der Waals surface area contributed by atoms with Gasteiger partial charge in [-0.2, -0.15) is 5.26 Å². The molecule has 8 nitrogen and oxygen atoms in total. The number of aliphatic imine (C=N–C) groups is 1. The molecule has 4 heterocycles. The molecule has 6 rings (SSSR count). The van der Waals surface area contributed by atoms with E-state index in [4.69, 9.17) is 4.99 Å². The second kappa shape index (κ2) is 10.3. The average molecular weight is 565 g/mol. The van der Waals surface area contributed by atoms with Crippen molar-refractivity contribution in [2.24, 2.45) is 10.9 Å². The first kappa shape index (κ1) is 26.9. The van der Waals surface area contributed by atoms with Crippen molar-refractivity contribution >= 4 is 28.7 Å². The number of carbonyl (C=O) groups is 1. The Kier molecular flexibility index (Phi) is 6.74. The zero-order valence-corrected chi connectivity index (χ0v) is 24.4. The van der Waals surface area contributed by atoms with E-state index in [9.17, 15) is 15.2 Å². The number of aryl methyl sites for hydroxylation is 2. The van der Waals surface area contributed by atoms with Crippen LogP contribution in [0.4, 0.5) is 5.69 Å². The molecule has 1 unspecified atom stereocenters. The van der Waals surface area contributed by atoms with Crippen molar-refractivity contribution in [2.75, 3.05) is 18.0 Å². The predicted octanol–water partition coefficient (Wildman–Crippen LogP) is 5.93. The van der Waals surface area contributed by atoms with Gasteiger partial charge in [0.1, 0.15) is 16.9 Å². The van der Waals surface area contributed by atoms with Crippen molar-refractivity contribution in [2.45, 2.75) is 52.0 Å². The van der Waals surface area contributed by atoms with E-state index in [0.29, 0.717) is 11.6 Å². The molecule has 41 heavy (non-hydrogen) atoms. The van der Waals surface area contributed by atoms with Gasteiger partial charge in [0.25, 0.3) is 0 Å². The first-order chi connectivity index (χ1) is 19.7. The number of carboxylic acids is 1. The van der Waals surface area contributed by atoms with Crippen LogP contribution in [0.5, 0.6) is 0 Å². The average Bonchev–Trinajstić information content (AvgIpc) is 3.47. The smallest absolute Gasteiger partial charge is 0.308 e. The number of nitriles is 1. The molecule has 0 bridgehead atoms. The van der Waals surface area contributed by atoms with E-state index in [1.165, 1.54) is 4.88 Å². The topological polar surface area (TPSA) is 107 Å². The maximum atomic E-state index is 12.1. The van der Waals surface area contributed by atoms with E-state index in [1.807, 2.05) is 29.7 Å². The number of fused-ring (bicyclic) bond motifs is 3. The highest BCUT2D eigenvalue weighted by Crippen LogP contribution is 2.41. The molecule has 1 N–H and O–H groups in total. The Morgan fingerprint density at radius 2 is 1.76 bits per heavy atom. The van der Waals surface area contributed by atoms with Crippen LogP contribution in [0.1, 0.15) is 64.6 Å². The minimum absolute atomic E-state index is 0.453. The number of anilines is 1. The van der Waals surface area contributed by atoms with Crippen LogP contribution >= 0.6 is 11.3 Å². The van der Waals surface area contributed by atoms with E-state index in [1.54, 1.807) is 18.3 Å². The Hall–Kier alpha value is -4.29. The number of hydrogen-bond donors (Lipinski definition) is 1. The highest BCUT2D eigenvalue weighted by atomic mass is 32.1. The fourth-order valence-corrected chi connectivity index (χ4v) is 7.23. The zero-order valence-electron chi connectivity index (χ0n) is 23.6. The number of thiophene rings is 1. The summed E-state index contributed by atoms with van der Waals surface area (Å²) in [5.74, 6) is -0.432. The molecule has 2 atom stereocenters. The number of hydrogen-bond acceptors (Lipinski definition) is 7. The van der Waals surface area contributed by atoms with Crippen molar-refractivity contribution in [3.8, 4) is 11.1 Å². The van der Waals surface area contributed by atoms with E-state index in [0.717, 1.165) is 64.6 Å². The first-order valence-electron chi connectivity index (χ1n) is 13.9. The second-order valence-corrected chi connectivity index (χ2v) is 12.3.